The molecule has 0 amide bonds. The molecule has 0 spiro atoms. The molecule has 0 aliphatic rings. The van der Waals surface area contributed by atoms with E-state index in [0.29, 0.717) is 30.2 Å². The van der Waals surface area contributed by atoms with Crippen LogP contribution in [0, 0.1) is 0 Å². The molecule has 0 saturated carbocycles. The average molecular weight is 248 g/mol. The SMILES string of the molecule is Nc1ccc(NCCc2ncno2)c(C(=O)O)c1. The predicted octanol–water partition coefficient (Wildman–Crippen LogP) is 1.00. The van der Waals surface area contributed by atoms with Crippen LogP contribution in [0.5, 0.6) is 0 Å². The topological polar surface area (TPSA) is 114 Å². The highest BCUT2D eigenvalue weighted by molar-refractivity contribution is 5.95. The number of carboxylic acid groups (broad SMARTS) is 1. The normalized spacial score (nSPS) is 10.2. The molecule has 0 radical (unpaired) electrons. The second-order valence-electron chi connectivity index (χ2n) is 3.62. The zero-order valence-electron chi connectivity index (χ0n) is 9.46. The Labute approximate surface area is 103 Å². The summed E-state index contributed by atoms with van der Waals surface area (Å²) in [5, 5.41) is 15.5. The quantitative estimate of drug-likeness (QED) is 0.676. The van der Waals surface area contributed by atoms with E-state index in [-0.39, 0.29) is 5.56 Å². The summed E-state index contributed by atoms with van der Waals surface area (Å²) in [6.45, 7) is 0.492. The van der Waals surface area contributed by atoms with Crippen LogP contribution in [-0.4, -0.2) is 27.8 Å². The fourth-order valence-corrected chi connectivity index (χ4v) is 1.50. The van der Waals surface area contributed by atoms with E-state index in [4.69, 9.17) is 15.4 Å². The third kappa shape index (κ3) is 2.76. The minimum atomic E-state index is -1.03. The number of carboxylic acids is 1. The number of aromatic carboxylic acids is 1. The Bertz CT molecular complexity index is 539. The van der Waals surface area contributed by atoms with Gasteiger partial charge in [-0.05, 0) is 18.2 Å². The van der Waals surface area contributed by atoms with Crippen LogP contribution in [0.25, 0.3) is 0 Å². The van der Waals surface area contributed by atoms with Crippen LogP contribution in [0.3, 0.4) is 0 Å². The van der Waals surface area contributed by atoms with Gasteiger partial charge in [0.1, 0.15) is 0 Å². The number of nitrogen functional groups attached to an aromatic ring is 1. The second-order valence-corrected chi connectivity index (χ2v) is 3.62. The zero-order chi connectivity index (χ0) is 13.0. The maximum Gasteiger partial charge on any atom is 0.337 e. The highest BCUT2D eigenvalue weighted by atomic mass is 16.5. The van der Waals surface area contributed by atoms with E-state index in [1.807, 2.05) is 0 Å². The summed E-state index contributed by atoms with van der Waals surface area (Å²) in [7, 11) is 0. The number of benzene rings is 1. The minimum Gasteiger partial charge on any atom is -0.478 e. The zero-order valence-corrected chi connectivity index (χ0v) is 9.46. The van der Waals surface area contributed by atoms with Gasteiger partial charge in [0.15, 0.2) is 6.33 Å². The van der Waals surface area contributed by atoms with E-state index in [9.17, 15) is 4.79 Å². The van der Waals surface area contributed by atoms with Gasteiger partial charge in [0.2, 0.25) is 5.89 Å². The molecular weight excluding hydrogens is 236 g/mol. The highest BCUT2D eigenvalue weighted by Gasteiger charge is 2.10. The first-order valence-electron chi connectivity index (χ1n) is 5.29. The Morgan fingerprint density at radius 3 is 3.00 bits per heavy atom. The smallest absolute Gasteiger partial charge is 0.337 e. The second kappa shape index (κ2) is 5.17. The number of rotatable bonds is 5. The van der Waals surface area contributed by atoms with Gasteiger partial charge in [0.05, 0.1) is 5.56 Å². The van der Waals surface area contributed by atoms with Crippen molar-refractivity contribution in [2.75, 3.05) is 17.6 Å². The van der Waals surface area contributed by atoms with Crippen LogP contribution < -0.4 is 11.1 Å². The lowest BCUT2D eigenvalue weighted by Crippen LogP contribution is -2.10. The molecule has 0 aliphatic carbocycles. The third-order valence-corrected chi connectivity index (χ3v) is 2.34. The number of aromatic nitrogens is 2. The maximum absolute atomic E-state index is 11.0. The number of nitrogens with zero attached hydrogens (tertiary/aromatic N) is 2. The number of carbonyl (C=O) groups is 1. The molecule has 1 heterocycles. The Morgan fingerprint density at radius 2 is 2.33 bits per heavy atom. The summed E-state index contributed by atoms with van der Waals surface area (Å²) in [5.74, 6) is -0.530. The van der Waals surface area contributed by atoms with Crippen molar-refractivity contribution in [3.8, 4) is 0 Å². The van der Waals surface area contributed by atoms with Gasteiger partial charge >= 0.3 is 5.97 Å². The van der Waals surface area contributed by atoms with Crippen molar-refractivity contribution in [2.24, 2.45) is 0 Å². The van der Waals surface area contributed by atoms with E-state index in [1.54, 1.807) is 12.1 Å². The summed E-state index contributed by atoms with van der Waals surface area (Å²) in [6, 6.07) is 4.69. The molecule has 0 aliphatic heterocycles. The molecule has 0 atom stereocenters. The lowest BCUT2D eigenvalue weighted by Gasteiger charge is -2.09. The van der Waals surface area contributed by atoms with Crippen molar-refractivity contribution < 1.29 is 14.4 Å². The Hall–Kier alpha value is -2.57. The summed E-state index contributed by atoms with van der Waals surface area (Å²) in [5.41, 5.74) is 6.61. The molecule has 2 rings (SSSR count). The standard InChI is InChI=1S/C11H12N4O3/c12-7-1-2-9(8(5-7)11(16)17)13-4-3-10-14-6-15-18-10/h1-2,5-6,13H,3-4,12H2,(H,16,17). The van der Waals surface area contributed by atoms with Crippen LogP contribution in [0.4, 0.5) is 11.4 Å². The molecule has 1 aromatic heterocycles. The maximum atomic E-state index is 11.0. The first-order chi connectivity index (χ1) is 8.66. The first-order valence-corrected chi connectivity index (χ1v) is 5.29. The van der Waals surface area contributed by atoms with Gasteiger partial charge in [-0.25, -0.2) is 4.79 Å². The highest BCUT2D eigenvalue weighted by Crippen LogP contribution is 2.18. The number of nitrogens with two attached hydrogens (primary N) is 1. The van der Waals surface area contributed by atoms with Crippen molar-refractivity contribution in [1.82, 2.24) is 10.1 Å². The summed E-state index contributed by atoms with van der Waals surface area (Å²) in [4.78, 5) is 14.9. The molecule has 0 fully saturated rings. The van der Waals surface area contributed by atoms with Crippen LogP contribution in [0.1, 0.15) is 16.2 Å². The molecule has 7 nitrogen and oxygen atoms in total. The van der Waals surface area contributed by atoms with Gasteiger partial charge in [0, 0.05) is 24.3 Å². The summed E-state index contributed by atoms with van der Waals surface area (Å²) < 4.78 is 4.83. The van der Waals surface area contributed by atoms with Crippen molar-refractivity contribution in [1.29, 1.82) is 0 Å². The van der Waals surface area contributed by atoms with E-state index in [2.05, 4.69) is 15.5 Å². The van der Waals surface area contributed by atoms with Gasteiger partial charge in [-0.1, -0.05) is 5.16 Å². The van der Waals surface area contributed by atoms with Crippen molar-refractivity contribution in [3.05, 3.63) is 36.0 Å². The molecule has 0 unspecified atom stereocenters. The van der Waals surface area contributed by atoms with Crippen molar-refractivity contribution in [2.45, 2.75) is 6.42 Å². The summed E-state index contributed by atoms with van der Waals surface area (Å²) in [6.07, 6.45) is 1.84. The van der Waals surface area contributed by atoms with E-state index in [1.165, 1.54) is 12.4 Å². The van der Waals surface area contributed by atoms with Crippen LogP contribution in [-0.2, 0) is 6.42 Å². The van der Waals surface area contributed by atoms with Crippen LogP contribution in [0.2, 0.25) is 0 Å². The van der Waals surface area contributed by atoms with E-state index in [0.717, 1.165) is 0 Å². The van der Waals surface area contributed by atoms with Gasteiger partial charge < -0.3 is 20.7 Å². The predicted molar refractivity (Wildman–Crippen MR) is 64.3 cm³/mol. The number of anilines is 2. The minimum absolute atomic E-state index is 0.139. The average Bonchev–Trinajstić information content (AvgIpc) is 2.84. The number of nitrogens with one attached hydrogen (secondary N) is 1. The number of hydrogen-bond donors (Lipinski definition) is 3. The molecule has 18 heavy (non-hydrogen) atoms. The van der Waals surface area contributed by atoms with Gasteiger partial charge in [-0.2, -0.15) is 4.98 Å². The molecule has 0 saturated heterocycles. The molecule has 4 N–H and O–H groups in total. The first kappa shape index (κ1) is 11.9. The Kier molecular flexibility index (Phi) is 3.42. The fourth-order valence-electron chi connectivity index (χ4n) is 1.50. The number of hydrogen-bond acceptors (Lipinski definition) is 6. The van der Waals surface area contributed by atoms with Gasteiger partial charge in [0.25, 0.3) is 0 Å². The van der Waals surface area contributed by atoms with Gasteiger partial charge in [-0.15, -0.1) is 0 Å². The van der Waals surface area contributed by atoms with E-state index >= 15 is 0 Å². The largest absolute Gasteiger partial charge is 0.478 e. The van der Waals surface area contributed by atoms with Gasteiger partial charge in [-0.3, -0.25) is 0 Å². The molecule has 7 heteroatoms. The van der Waals surface area contributed by atoms with Crippen LogP contribution in [0.15, 0.2) is 29.0 Å². The Balaban J connectivity index is 2.02. The van der Waals surface area contributed by atoms with E-state index < -0.39 is 5.97 Å². The lowest BCUT2D eigenvalue weighted by molar-refractivity contribution is 0.0698. The van der Waals surface area contributed by atoms with Crippen molar-refractivity contribution in [3.63, 3.8) is 0 Å². The van der Waals surface area contributed by atoms with Crippen molar-refractivity contribution >= 4 is 17.3 Å². The molecule has 0 bridgehead atoms. The lowest BCUT2D eigenvalue weighted by atomic mass is 10.1. The fraction of sp³-hybridized carbons (Fsp3) is 0.182. The monoisotopic (exact) mass is 248 g/mol. The molecule has 94 valence electrons. The summed E-state index contributed by atoms with van der Waals surface area (Å²) >= 11 is 0. The molecular formula is C11H12N4O3. The third-order valence-electron chi connectivity index (χ3n) is 2.34. The molecule has 2 aromatic rings. The van der Waals surface area contributed by atoms with Crippen LogP contribution >= 0.6 is 0 Å². The Morgan fingerprint density at radius 1 is 1.50 bits per heavy atom. The molecule has 1 aromatic carbocycles.